The van der Waals surface area contributed by atoms with Gasteiger partial charge in [-0.05, 0) is 45.4 Å². The molecule has 0 atom stereocenters. The van der Waals surface area contributed by atoms with Crippen molar-refractivity contribution in [1.29, 1.82) is 0 Å². The minimum Gasteiger partial charge on any atom is -0.481 e. The number of hydrogen-bond donors (Lipinski definition) is 1. The van der Waals surface area contributed by atoms with Gasteiger partial charge in [-0.2, -0.15) is 18.3 Å². The van der Waals surface area contributed by atoms with Crippen molar-refractivity contribution >= 4 is 40.9 Å². The number of Topliss-reactive ketones (excluding diaryl/α,β-unsaturated/α-hetero) is 1. The Morgan fingerprint density at radius 1 is 1.10 bits per heavy atom. The van der Waals surface area contributed by atoms with Crippen LogP contribution in [-0.4, -0.2) is 62.2 Å². The molecule has 2 fully saturated rings. The Labute approximate surface area is 237 Å². The number of aromatic nitrogens is 3. The molecule has 218 valence electrons. The predicted octanol–water partition coefficient (Wildman–Crippen LogP) is 6.27. The number of alkyl halides is 4. The van der Waals surface area contributed by atoms with Crippen molar-refractivity contribution < 1.29 is 37.1 Å². The Hall–Kier alpha value is -2.73. The molecule has 14 heteroatoms. The molecule has 2 saturated carbocycles. The van der Waals surface area contributed by atoms with Crippen molar-refractivity contribution in [3.63, 3.8) is 0 Å². The van der Waals surface area contributed by atoms with E-state index in [0.29, 0.717) is 19.3 Å². The number of aliphatic carboxylic acids is 1. The molecule has 0 aliphatic heterocycles. The molecule has 0 saturated heterocycles. The van der Waals surface area contributed by atoms with Crippen molar-refractivity contribution in [3.8, 4) is 0 Å². The summed E-state index contributed by atoms with van der Waals surface area (Å²) in [4.78, 5) is 43.2. The summed E-state index contributed by atoms with van der Waals surface area (Å²) >= 11 is 12.2. The first-order valence-corrected chi connectivity index (χ1v) is 13.5. The molecule has 8 nitrogen and oxygen atoms in total. The van der Waals surface area contributed by atoms with Gasteiger partial charge in [-0.3, -0.25) is 28.4 Å². The van der Waals surface area contributed by atoms with E-state index < -0.39 is 65.2 Å². The third kappa shape index (κ3) is 5.83. The lowest BCUT2D eigenvalue weighted by Gasteiger charge is -2.43. The van der Waals surface area contributed by atoms with E-state index in [1.54, 1.807) is 6.92 Å². The molecule has 1 N–H and O–H groups in total. The summed E-state index contributed by atoms with van der Waals surface area (Å²) in [5.74, 6) is -2.88. The minimum atomic E-state index is -4.99. The fourth-order valence-electron chi connectivity index (χ4n) is 5.49. The fraction of sp³-hybridized carbons (Fsp3) is 0.577. The minimum absolute atomic E-state index is 0.0943. The van der Waals surface area contributed by atoms with Crippen LogP contribution in [0.4, 0.5) is 17.6 Å². The standard InChI is InChI=1S/C26H28Cl2F4N4O4/c1-24(23(39)40)7-3-15(4-8-24)36-21(26(30,31)32)16(9-34-36)22(38)35(14-25(13-29)5-2-6-25)12-19(37)20-17(27)10-33-11-18(20)28/h9-11,15H,2-8,12-14H2,1H3,(H,39,40). The molecule has 0 unspecified atom stereocenters. The number of carboxylic acids is 1. The predicted molar refractivity (Wildman–Crippen MR) is 137 cm³/mol. The molecule has 1 amide bonds. The highest BCUT2D eigenvalue weighted by molar-refractivity contribution is 6.39. The number of amides is 1. The lowest BCUT2D eigenvalue weighted by molar-refractivity contribution is -0.152. The van der Waals surface area contributed by atoms with Crippen LogP contribution in [0.1, 0.15) is 84.3 Å². The van der Waals surface area contributed by atoms with Crippen molar-refractivity contribution in [2.75, 3.05) is 19.8 Å². The first-order chi connectivity index (χ1) is 18.7. The summed E-state index contributed by atoms with van der Waals surface area (Å²) in [7, 11) is 0. The average molecular weight is 607 g/mol. The molecule has 0 aromatic carbocycles. The fourth-order valence-corrected chi connectivity index (χ4v) is 6.07. The summed E-state index contributed by atoms with van der Waals surface area (Å²) in [5, 5.41) is 13.2. The number of carbonyl (C=O) groups is 3. The third-order valence-corrected chi connectivity index (χ3v) is 8.77. The summed E-state index contributed by atoms with van der Waals surface area (Å²) < 4.78 is 58.0. The number of carbonyl (C=O) groups excluding carboxylic acids is 2. The zero-order valence-electron chi connectivity index (χ0n) is 21.6. The van der Waals surface area contributed by atoms with Crippen molar-refractivity contribution in [2.24, 2.45) is 10.8 Å². The van der Waals surface area contributed by atoms with Gasteiger partial charge in [0.05, 0.1) is 52.0 Å². The second-order valence-electron chi connectivity index (χ2n) is 11.0. The molecule has 2 heterocycles. The molecule has 4 rings (SSSR count). The molecule has 2 aromatic heterocycles. The van der Waals surface area contributed by atoms with Gasteiger partial charge in [0.15, 0.2) is 11.5 Å². The second-order valence-corrected chi connectivity index (χ2v) is 11.8. The number of pyridine rings is 1. The quantitative estimate of drug-likeness (QED) is 0.266. The van der Waals surface area contributed by atoms with Crippen molar-refractivity contribution in [3.05, 3.63) is 45.5 Å². The van der Waals surface area contributed by atoms with Crippen LogP contribution < -0.4 is 0 Å². The van der Waals surface area contributed by atoms with Crippen LogP contribution in [-0.2, 0) is 11.0 Å². The Morgan fingerprint density at radius 2 is 1.70 bits per heavy atom. The molecular weight excluding hydrogens is 579 g/mol. The van der Waals surface area contributed by atoms with Gasteiger partial charge >= 0.3 is 12.1 Å². The highest BCUT2D eigenvalue weighted by atomic mass is 35.5. The molecule has 40 heavy (non-hydrogen) atoms. The van der Waals surface area contributed by atoms with E-state index in [1.807, 2.05) is 0 Å². The molecule has 0 bridgehead atoms. The Morgan fingerprint density at radius 3 is 2.17 bits per heavy atom. The monoisotopic (exact) mass is 606 g/mol. The Kier molecular flexibility index (Phi) is 8.52. The number of carboxylic acid groups (broad SMARTS) is 1. The van der Waals surface area contributed by atoms with E-state index in [0.717, 1.165) is 15.8 Å². The highest BCUT2D eigenvalue weighted by Gasteiger charge is 2.46. The van der Waals surface area contributed by atoms with E-state index in [1.165, 1.54) is 12.4 Å². The SMILES string of the molecule is CC1(C(=O)O)CCC(n2ncc(C(=O)N(CC(=O)c3c(Cl)cncc3Cl)CC3(CF)CCC3)c2C(F)(F)F)CC1. The molecule has 2 aromatic rings. The molecular formula is C26H28Cl2F4N4O4. The summed E-state index contributed by atoms with van der Waals surface area (Å²) in [5.41, 5.74) is -4.24. The second kappa shape index (κ2) is 11.3. The lowest BCUT2D eigenvalue weighted by atomic mass is 9.69. The van der Waals surface area contributed by atoms with Crippen LogP contribution >= 0.6 is 23.2 Å². The van der Waals surface area contributed by atoms with E-state index in [-0.39, 0.29) is 47.8 Å². The number of halogens is 6. The van der Waals surface area contributed by atoms with Gasteiger partial charge in [0.2, 0.25) is 0 Å². The van der Waals surface area contributed by atoms with E-state index in [4.69, 9.17) is 23.2 Å². The zero-order chi connectivity index (χ0) is 29.5. The molecule has 2 aliphatic carbocycles. The van der Waals surface area contributed by atoms with Crippen molar-refractivity contribution in [2.45, 2.75) is 64.1 Å². The maximum atomic E-state index is 14.4. The van der Waals surface area contributed by atoms with Crippen LogP contribution in [0.5, 0.6) is 0 Å². The molecule has 0 radical (unpaired) electrons. The smallest absolute Gasteiger partial charge is 0.433 e. The van der Waals surface area contributed by atoms with Crippen LogP contribution in [0.2, 0.25) is 10.0 Å². The van der Waals surface area contributed by atoms with Crippen molar-refractivity contribution in [1.82, 2.24) is 19.7 Å². The molecule has 2 aliphatic rings. The maximum absolute atomic E-state index is 14.4. The van der Waals surface area contributed by atoms with E-state index in [9.17, 15) is 37.1 Å². The number of rotatable bonds is 9. The lowest BCUT2D eigenvalue weighted by Crippen LogP contribution is -2.48. The van der Waals surface area contributed by atoms with Crippen LogP contribution in [0.15, 0.2) is 18.6 Å². The van der Waals surface area contributed by atoms with Gasteiger partial charge in [-0.25, -0.2) is 0 Å². The van der Waals surface area contributed by atoms with Gasteiger partial charge in [-0.1, -0.05) is 29.6 Å². The average Bonchev–Trinajstić information content (AvgIpc) is 3.31. The van der Waals surface area contributed by atoms with Gasteiger partial charge in [0.1, 0.15) is 0 Å². The maximum Gasteiger partial charge on any atom is 0.433 e. The first-order valence-electron chi connectivity index (χ1n) is 12.8. The van der Waals surface area contributed by atoms with Gasteiger partial charge in [-0.15, -0.1) is 0 Å². The zero-order valence-corrected chi connectivity index (χ0v) is 23.1. The largest absolute Gasteiger partial charge is 0.481 e. The third-order valence-electron chi connectivity index (χ3n) is 8.19. The molecule has 0 spiro atoms. The van der Waals surface area contributed by atoms with E-state index in [2.05, 4.69) is 10.1 Å². The topological polar surface area (TPSA) is 105 Å². The summed E-state index contributed by atoms with van der Waals surface area (Å²) in [6.45, 7) is -0.229. The van der Waals surface area contributed by atoms with Gasteiger partial charge in [0, 0.05) is 24.4 Å². The van der Waals surface area contributed by atoms with Crippen LogP contribution in [0, 0.1) is 10.8 Å². The summed E-state index contributed by atoms with van der Waals surface area (Å²) in [6, 6.07) is -0.779. The number of hydrogen-bond acceptors (Lipinski definition) is 5. The van der Waals surface area contributed by atoms with Crippen LogP contribution in [0.3, 0.4) is 0 Å². The van der Waals surface area contributed by atoms with Gasteiger partial charge in [0.25, 0.3) is 5.91 Å². The number of ketones is 1. The van der Waals surface area contributed by atoms with Gasteiger partial charge < -0.3 is 10.0 Å². The first kappa shape index (κ1) is 30.2. The number of nitrogens with zero attached hydrogens (tertiary/aromatic N) is 4. The van der Waals surface area contributed by atoms with E-state index >= 15 is 0 Å². The Bertz CT molecular complexity index is 1280. The van der Waals surface area contributed by atoms with Crippen LogP contribution in [0.25, 0.3) is 0 Å². The normalized spacial score (nSPS) is 22.4. The summed E-state index contributed by atoms with van der Waals surface area (Å²) in [6.07, 6.45) is 0.189. The highest BCUT2D eigenvalue weighted by Crippen LogP contribution is 2.45. The Balaban J connectivity index is 1.69.